The molecule has 21 heavy (non-hydrogen) atoms. The average Bonchev–Trinajstić information content (AvgIpc) is 2.40. The molecule has 1 heterocycles. The summed E-state index contributed by atoms with van der Waals surface area (Å²) in [6.07, 6.45) is 1.86. The topological polar surface area (TPSA) is 50.4 Å². The van der Waals surface area contributed by atoms with Crippen molar-refractivity contribution < 1.29 is 9.53 Å². The van der Waals surface area contributed by atoms with Gasteiger partial charge in [-0.05, 0) is 63.8 Å². The van der Waals surface area contributed by atoms with Crippen molar-refractivity contribution >= 4 is 23.4 Å². The monoisotopic (exact) mass is 310 g/mol. The van der Waals surface area contributed by atoms with Crippen molar-refractivity contribution in [2.24, 2.45) is 0 Å². The molecule has 0 radical (unpaired) electrons. The number of anilines is 1. The van der Waals surface area contributed by atoms with Gasteiger partial charge in [-0.15, -0.1) is 0 Å². The Morgan fingerprint density at radius 1 is 1.43 bits per heavy atom. The van der Waals surface area contributed by atoms with E-state index in [2.05, 4.69) is 10.6 Å². The molecule has 1 aliphatic rings. The highest BCUT2D eigenvalue weighted by Crippen LogP contribution is 2.30. The SMILES string of the molecule is CC(C)(C)OC(=O)Nc1ccc(C2CCCNC2)cc1Cl. The third-order valence-corrected chi connectivity index (χ3v) is 3.71. The van der Waals surface area contributed by atoms with Crippen molar-refractivity contribution in [1.29, 1.82) is 0 Å². The Kier molecular flexibility index (Phi) is 5.12. The highest BCUT2D eigenvalue weighted by atomic mass is 35.5. The summed E-state index contributed by atoms with van der Waals surface area (Å²) < 4.78 is 5.22. The van der Waals surface area contributed by atoms with E-state index in [4.69, 9.17) is 16.3 Å². The number of benzene rings is 1. The zero-order valence-corrected chi connectivity index (χ0v) is 13.6. The first-order chi connectivity index (χ1) is 9.85. The Morgan fingerprint density at radius 2 is 2.19 bits per heavy atom. The molecule has 1 aromatic carbocycles. The summed E-state index contributed by atoms with van der Waals surface area (Å²) in [5, 5.41) is 6.63. The van der Waals surface area contributed by atoms with E-state index in [0.29, 0.717) is 16.6 Å². The summed E-state index contributed by atoms with van der Waals surface area (Å²) in [6, 6.07) is 5.80. The summed E-state index contributed by atoms with van der Waals surface area (Å²) in [6.45, 7) is 7.55. The van der Waals surface area contributed by atoms with Gasteiger partial charge in [0.05, 0.1) is 10.7 Å². The molecule has 1 amide bonds. The maximum absolute atomic E-state index is 11.8. The number of amides is 1. The number of halogens is 1. The van der Waals surface area contributed by atoms with Gasteiger partial charge in [-0.3, -0.25) is 5.32 Å². The van der Waals surface area contributed by atoms with Crippen molar-refractivity contribution in [2.75, 3.05) is 18.4 Å². The molecule has 1 aromatic rings. The first-order valence-corrected chi connectivity index (χ1v) is 7.73. The van der Waals surface area contributed by atoms with E-state index in [1.165, 1.54) is 18.4 Å². The number of nitrogens with one attached hydrogen (secondary N) is 2. The number of ether oxygens (including phenoxy) is 1. The quantitative estimate of drug-likeness (QED) is 0.862. The molecule has 0 bridgehead atoms. The largest absolute Gasteiger partial charge is 0.444 e. The van der Waals surface area contributed by atoms with E-state index in [1.807, 2.05) is 39.0 Å². The summed E-state index contributed by atoms with van der Waals surface area (Å²) in [7, 11) is 0. The van der Waals surface area contributed by atoms with E-state index in [0.717, 1.165) is 13.1 Å². The smallest absolute Gasteiger partial charge is 0.412 e. The van der Waals surface area contributed by atoms with Crippen molar-refractivity contribution in [1.82, 2.24) is 5.32 Å². The van der Waals surface area contributed by atoms with Crippen LogP contribution in [0.15, 0.2) is 18.2 Å². The van der Waals surface area contributed by atoms with Crippen LogP contribution in [0.1, 0.15) is 45.1 Å². The van der Waals surface area contributed by atoms with Gasteiger partial charge >= 0.3 is 6.09 Å². The molecule has 0 aliphatic carbocycles. The highest BCUT2D eigenvalue weighted by molar-refractivity contribution is 6.33. The molecule has 2 rings (SSSR count). The Balaban J connectivity index is 2.03. The summed E-state index contributed by atoms with van der Waals surface area (Å²) in [5.41, 5.74) is 1.27. The lowest BCUT2D eigenvalue weighted by molar-refractivity contribution is 0.0636. The van der Waals surface area contributed by atoms with Gasteiger partial charge in [0, 0.05) is 6.54 Å². The molecule has 5 heteroatoms. The number of carbonyl (C=O) groups is 1. The van der Waals surface area contributed by atoms with Gasteiger partial charge in [-0.1, -0.05) is 17.7 Å². The number of hydrogen-bond acceptors (Lipinski definition) is 3. The van der Waals surface area contributed by atoms with Crippen LogP contribution in [0.3, 0.4) is 0 Å². The van der Waals surface area contributed by atoms with Gasteiger partial charge in [0.15, 0.2) is 0 Å². The van der Waals surface area contributed by atoms with Crippen molar-refractivity contribution in [3.8, 4) is 0 Å². The minimum atomic E-state index is -0.524. The highest BCUT2D eigenvalue weighted by Gasteiger charge is 2.19. The minimum absolute atomic E-state index is 0.489. The van der Waals surface area contributed by atoms with E-state index in [9.17, 15) is 4.79 Å². The number of piperidine rings is 1. The van der Waals surface area contributed by atoms with Crippen LogP contribution in [0.4, 0.5) is 10.5 Å². The van der Waals surface area contributed by atoms with E-state index in [1.54, 1.807) is 0 Å². The number of hydrogen-bond donors (Lipinski definition) is 2. The van der Waals surface area contributed by atoms with E-state index < -0.39 is 11.7 Å². The van der Waals surface area contributed by atoms with Crippen molar-refractivity contribution in [3.05, 3.63) is 28.8 Å². The van der Waals surface area contributed by atoms with Crippen LogP contribution in [0.25, 0.3) is 0 Å². The van der Waals surface area contributed by atoms with Gasteiger partial charge in [0.2, 0.25) is 0 Å². The first kappa shape index (κ1) is 16.1. The summed E-state index contributed by atoms with van der Waals surface area (Å²) >= 11 is 6.27. The fourth-order valence-corrected chi connectivity index (χ4v) is 2.67. The van der Waals surface area contributed by atoms with Gasteiger partial charge in [-0.2, -0.15) is 0 Å². The summed E-state index contributed by atoms with van der Waals surface area (Å²) in [5.74, 6) is 0.492. The Hall–Kier alpha value is -1.26. The van der Waals surface area contributed by atoms with Crippen LogP contribution in [0.5, 0.6) is 0 Å². The van der Waals surface area contributed by atoms with Crippen LogP contribution in [0, 0.1) is 0 Å². The van der Waals surface area contributed by atoms with Crippen molar-refractivity contribution in [3.63, 3.8) is 0 Å². The maximum Gasteiger partial charge on any atom is 0.412 e. The van der Waals surface area contributed by atoms with Crippen LogP contribution < -0.4 is 10.6 Å². The lowest BCUT2D eigenvalue weighted by atomic mass is 9.91. The van der Waals surface area contributed by atoms with Crippen LogP contribution >= 0.6 is 11.6 Å². The summed E-state index contributed by atoms with van der Waals surface area (Å²) in [4.78, 5) is 11.8. The van der Waals surface area contributed by atoms with Gasteiger partial charge < -0.3 is 10.1 Å². The molecule has 2 N–H and O–H groups in total. The van der Waals surface area contributed by atoms with Crippen LogP contribution in [0.2, 0.25) is 5.02 Å². The predicted molar refractivity (Wildman–Crippen MR) is 86.2 cm³/mol. The van der Waals surface area contributed by atoms with Crippen molar-refractivity contribution in [2.45, 2.75) is 45.1 Å². The molecule has 0 aromatic heterocycles. The molecule has 0 saturated carbocycles. The van der Waals surface area contributed by atoms with Gasteiger partial charge in [-0.25, -0.2) is 4.79 Å². The fourth-order valence-electron chi connectivity index (χ4n) is 2.44. The third-order valence-electron chi connectivity index (χ3n) is 3.40. The second kappa shape index (κ2) is 6.67. The molecule has 1 atom stereocenters. The molecule has 1 fully saturated rings. The van der Waals surface area contributed by atoms with E-state index >= 15 is 0 Å². The Morgan fingerprint density at radius 3 is 2.76 bits per heavy atom. The lowest BCUT2D eigenvalue weighted by Crippen LogP contribution is -2.28. The Labute approximate surface area is 131 Å². The number of carbonyl (C=O) groups excluding carboxylic acids is 1. The van der Waals surface area contributed by atoms with Gasteiger partial charge in [0.25, 0.3) is 0 Å². The molecular formula is C16H23ClN2O2. The van der Waals surface area contributed by atoms with Gasteiger partial charge in [0.1, 0.15) is 5.60 Å². The zero-order chi connectivity index (χ0) is 15.5. The lowest BCUT2D eigenvalue weighted by Gasteiger charge is -2.24. The molecule has 0 spiro atoms. The second-order valence-electron chi connectivity index (χ2n) is 6.41. The zero-order valence-electron chi connectivity index (χ0n) is 12.8. The Bertz CT molecular complexity index is 505. The first-order valence-electron chi connectivity index (χ1n) is 7.35. The van der Waals surface area contributed by atoms with Crippen LogP contribution in [-0.2, 0) is 4.74 Å². The number of rotatable bonds is 2. The predicted octanol–water partition coefficient (Wildman–Crippen LogP) is 4.15. The fraction of sp³-hybridized carbons (Fsp3) is 0.562. The molecule has 1 aliphatic heterocycles. The molecular weight excluding hydrogens is 288 g/mol. The molecule has 1 saturated heterocycles. The van der Waals surface area contributed by atoms with E-state index in [-0.39, 0.29) is 0 Å². The molecule has 116 valence electrons. The maximum atomic E-state index is 11.8. The minimum Gasteiger partial charge on any atom is -0.444 e. The average molecular weight is 311 g/mol. The normalized spacial score (nSPS) is 19.1. The second-order valence-corrected chi connectivity index (χ2v) is 6.82. The third kappa shape index (κ3) is 4.90. The molecule has 4 nitrogen and oxygen atoms in total. The molecule has 1 unspecified atom stereocenters. The van der Waals surface area contributed by atoms with Crippen LogP contribution in [-0.4, -0.2) is 24.8 Å². The standard InChI is InChI=1S/C16H23ClN2O2/c1-16(2,3)21-15(20)19-14-7-6-11(9-13(14)17)12-5-4-8-18-10-12/h6-7,9,12,18H,4-5,8,10H2,1-3H3,(H,19,20).